The Labute approximate surface area is 107 Å². The number of H-pyrrole nitrogens is 1. The number of nitrogens with zero attached hydrogens (tertiary/aromatic N) is 1. The predicted octanol–water partition coefficient (Wildman–Crippen LogP) is 1.54. The number of aromatic nitrogens is 1. The normalized spacial score (nSPS) is 9.89. The minimum atomic E-state index is -0.527. The van der Waals surface area contributed by atoms with Crippen LogP contribution in [0.2, 0.25) is 0 Å². The molecule has 0 radical (unpaired) electrons. The lowest BCUT2D eigenvalue weighted by Gasteiger charge is -2.04. The molecule has 7 nitrogen and oxygen atoms in total. The number of non-ortho nitro benzene ring substituents is 1. The summed E-state index contributed by atoms with van der Waals surface area (Å²) in [5.74, 6) is -0.494. The second-order valence-corrected chi connectivity index (χ2v) is 3.69. The number of nitro benzene ring substituents is 1. The van der Waals surface area contributed by atoms with E-state index in [-0.39, 0.29) is 16.9 Å². The fourth-order valence-corrected chi connectivity index (χ4v) is 1.45. The first kappa shape index (κ1) is 12.5. The van der Waals surface area contributed by atoms with Crippen LogP contribution >= 0.6 is 0 Å². The lowest BCUT2D eigenvalue weighted by Crippen LogP contribution is -2.17. The number of aromatic amines is 1. The van der Waals surface area contributed by atoms with Gasteiger partial charge >= 0.3 is 0 Å². The lowest BCUT2D eigenvalue weighted by molar-refractivity contribution is -0.384. The minimum Gasteiger partial charge on any atom is -0.321 e. The summed E-state index contributed by atoms with van der Waals surface area (Å²) in [4.78, 5) is 35.2. The van der Waals surface area contributed by atoms with Crippen LogP contribution in [0.25, 0.3) is 0 Å². The summed E-state index contributed by atoms with van der Waals surface area (Å²) in [6.07, 6.45) is 0. The Morgan fingerprint density at radius 3 is 2.42 bits per heavy atom. The minimum absolute atomic E-state index is 0.0638. The first-order valence-electron chi connectivity index (χ1n) is 5.31. The van der Waals surface area contributed by atoms with Gasteiger partial charge < -0.3 is 10.3 Å². The molecule has 0 unspecified atom stereocenters. The van der Waals surface area contributed by atoms with Crippen molar-refractivity contribution in [3.05, 3.63) is 68.6 Å². The Morgan fingerprint density at radius 1 is 1.16 bits per heavy atom. The summed E-state index contributed by atoms with van der Waals surface area (Å²) in [6, 6.07) is 9.61. The highest BCUT2D eigenvalue weighted by Crippen LogP contribution is 2.15. The molecule has 2 N–H and O–H groups in total. The SMILES string of the molecule is O=C(Nc1ccc([N+](=O)[O-])cc1)c1cccc(=O)[nH]1. The maximum Gasteiger partial charge on any atom is 0.272 e. The fourth-order valence-electron chi connectivity index (χ4n) is 1.45. The number of anilines is 1. The van der Waals surface area contributed by atoms with Crippen LogP contribution in [-0.2, 0) is 0 Å². The number of hydrogen-bond donors (Lipinski definition) is 2. The Morgan fingerprint density at radius 2 is 1.84 bits per heavy atom. The van der Waals surface area contributed by atoms with Crippen molar-refractivity contribution in [1.82, 2.24) is 4.98 Å². The van der Waals surface area contributed by atoms with E-state index in [4.69, 9.17) is 0 Å². The van der Waals surface area contributed by atoms with Gasteiger partial charge in [-0.1, -0.05) is 6.07 Å². The summed E-state index contributed by atoms with van der Waals surface area (Å²) >= 11 is 0. The molecule has 0 bridgehead atoms. The number of carbonyl (C=O) groups excluding carboxylic acids is 1. The molecule has 0 atom stereocenters. The maximum atomic E-state index is 11.8. The van der Waals surface area contributed by atoms with Crippen molar-refractivity contribution in [2.45, 2.75) is 0 Å². The van der Waals surface area contributed by atoms with E-state index in [1.807, 2.05) is 0 Å². The lowest BCUT2D eigenvalue weighted by atomic mass is 10.2. The Balaban J connectivity index is 2.15. The number of rotatable bonds is 3. The van der Waals surface area contributed by atoms with Gasteiger partial charge in [-0.25, -0.2) is 0 Å². The van der Waals surface area contributed by atoms with Gasteiger partial charge in [0.25, 0.3) is 11.6 Å². The maximum absolute atomic E-state index is 11.8. The van der Waals surface area contributed by atoms with Crippen LogP contribution in [0.1, 0.15) is 10.5 Å². The third-order valence-electron chi connectivity index (χ3n) is 2.35. The topological polar surface area (TPSA) is 105 Å². The first-order valence-corrected chi connectivity index (χ1v) is 5.31. The quantitative estimate of drug-likeness (QED) is 0.644. The summed E-state index contributed by atoms with van der Waals surface area (Å²) in [6.45, 7) is 0. The van der Waals surface area contributed by atoms with Crippen molar-refractivity contribution in [3.8, 4) is 0 Å². The molecule has 0 fully saturated rings. The van der Waals surface area contributed by atoms with Crippen molar-refractivity contribution in [2.24, 2.45) is 0 Å². The fraction of sp³-hybridized carbons (Fsp3) is 0. The van der Waals surface area contributed by atoms with Gasteiger partial charge in [-0.15, -0.1) is 0 Å². The molecule has 0 aliphatic rings. The van der Waals surface area contributed by atoms with Gasteiger partial charge in [0.15, 0.2) is 0 Å². The van der Waals surface area contributed by atoms with Gasteiger partial charge in [-0.05, 0) is 18.2 Å². The average Bonchev–Trinajstić information content (AvgIpc) is 2.39. The summed E-state index contributed by atoms with van der Waals surface area (Å²) in [5, 5.41) is 13.0. The molecule has 0 aliphatic heterocycles. The van der Waals surface area contributed by atoms with Crippen LogP contribution < -0.4 is 10.9 Å². The van der Waals surface area contributed by atoms with E-state index in [0.717, 1.165) is 0 Å². The van der Waals surface area contributed by atoms with E-state index in [2.05, 4.69) is 10.3 Å². The highest BCUT2D eigenvalue weighted by molar-refractivity contribution is 6.02. The van der Waals surface area contributed by atoms with Crippen LogP contribution in [-0.4, -0.2) is 15.8 Å². The Kier molecular flexibility index (Phi) is 3.37. The molecule has 0 saturated carbocycles. The molecule has 7 heteroatoms. The molecule has 0 spiro atoms. The smallest absolute Gasteiger partial charge is 0.272 e. The third-order valence-corrected chi connectivity index (χ3v) is 2.35. The molecule has 2 rings (SSSR count). The van der Waals surface area contributed by atoms with Crippen LogP contribution in [0.3, 0.4) is 0 Å². The van der Waals surface area contributed by atoms with E-state index >= 15 is 0 Å². The third kappa shape index (κ3) is 3.03. The number of hydrogen-bond acceptors (Lipinski definition) is 4. The van der Waals surface area contributed by atoms with E-state index in [0.29, 0.717) is 5.69 Å². The van der Waals surface area contributed by atoms with Crippen LogP contribution in [0.15, 0.2) is 47.3 Å². The van der Waals surface area contributed by atoms with Crippen molar-refractivity contribution in [2.75, 3.05) is 5.32 Å². The Bertz CT molecular complexity index is 676. The molecule has 19 heavy (non-hydrogen) atoms. The largest absolute Gasteiger partial charge is 0.321 e. The molecule has 0 aliphatic carbocycles. The van der Waals surface area contributed by atoms with Gasteiger partial charge in [0.05, 0.1) is 4.92 Å². The van der Waals surface area contributed by atoms with Crippen molar-refractivity contribution < 1.29 is 9.72 Å². The monoisotopic (exact) mass is 259 g/mol. The number of nitrogens with one attached hydrogen (secondary N) is 2. The summed E-state index contributed by atoms with van der Waals surface area (Å²) in [7, 11) is 0. The van der Waals surface area contributed by atoms with Crippen molar-refractivity contribution in [3.63, 3.8) is 0 Å². The predicted molar refractivity (Wildman–Crippen MR) is 68.1 cm³/mol. The number of carbonyl (C=O) groups is 1. The van der Waals surface area contributed by atoms with Crippen LogP contribution in [0.5, 0.6) is 0 Å². The van der Waals surface area contributed by atoms with E-state index in [1.165, 1.54) is 42.5 Å². The molecular weight excluding hydrogens is 250 g/mol. The first-order chi connectivity index (χ1) is 9.06. The zero-order valence-corrected chi connectivity index (χ0v) is 9.62. The van der Waals surface area contributed by atoms with Gasteiger partial charge in [0, 0.05) is 23.9 Å². The van der Waals surface area contributed by atoms with E-state index in [9.17, 15) is 19.7 Å². The molecule has 1 aromatic heterocycles. The molecule has 1 aromatic carbocycles. The average molecular weight is 259 g/mol. The van der Waals surface area contributed by atoms with E-state index in [1.54, 1.807) is 0 Å². The molecule has 1 heterocycles. The number of nitro groups is 1. The second kappa shape index (κ2) is 5.13. The molecule has 2 aromatic rings. The molecule has 0 saturated heterocycles. The number of pyridine rings is 1. The van der Waals surface area contributed by atoms with Gasteiger partial charge in [-0.2, -0.15) is 0 Å². The number of amides is 1. The van der Waals surface area contributed by atoms with Crippen molar-refractivity contribution >= 4 is 17.3 Å². The zero-order valence-electron chi connectivity index (χ0n) is 9.62. The Hall–Kier alpha value is -2.96. The van der Waals surface area contributed by atoms with Gasteiger partial charge in [0.2, 0.25) is 5.56 Å². The highest BCUT2D eigenvalue weighted by Gasteiger charge is 2.08. The molecular formula is C12H9N3O4. The highest BCUT2D eigenvalue weighted by atomic mass is 16.6. The second-order valence-electron chi connectivity index (χ2n) is 3.69. The van der Waals surface area contributed by atoms with Crippen LogP contribution in [0.4, 0.5) is 11.4 Å². The molecule has 1 amide bonds. The summed E-state index contributed by atoms with van der Waals surface area (Å²) in [5.41, 5.74) is 0.0774. The standard InChI is InChI=1S/C12H9N3O4/c16-11-3-1-2-10(14-11)12(17)13-8-4-6-9(7-5-8)15(18)19/h1-7H,(H,13,17)(H,14,16). The van der Waals surface area contributed by atoms with Crippen molar-refractivity contribution in [1.29, 1.82) is 0 Å². The van der Waals surface area contributed by atoms with Gasteiger partial charge in [0.1, 0.15) is 5.69 Å². The number of benzene rings is 1. The van der Waals surface area contributed by atoms with Crippen LogP contribution in [0, 0.1) is 10.1 Å². The molecule has 96 valence electrons. The zero-order chi connectivity index (χ0) is 13.8. The summed E-state index contributed by atoms with van der Waals surface area (Å²) < 4.78 is 0. The van der Waals surface area contributed by atoms with Gasteiger partial charge in [-0.3, -0.25) is 19.7 Å². The van der Waals surface area contributed by atoms with E-state index < -0.39 is 10.8 Å².